The molecule has 1 aromatic rings. The van der Waals surface area contributed by atoms with Gasteiger partial charge in [0.2, 0.25) is 10.0 Å². The lowest BCUT2D eigenvalue weighted by Gasteiger charge is -2.14. The Morgan fingerprint density at radius 2 is 2.08 bits per heavy atom. The van der Waals surface area contributed by atoms with Crippen molar-refractivity contribution in [1.29, 1.82) is 0 Å². The summed E-state index contributed by atoms with van der Waals surface area (Å²) in [6, 6.07) is 4.18. The van der Waals surface area contributed by atoms with Gasteiger partial charge in [-0.25, -0.2) is 13.1 Å². The number of ether oxygens (including phenoxy) is 1. The second-order valence-corrected chi connectivity index (χ2v) is 7.70. The maximum atomic E-state index is 12.4. The molecule has 1 aliphatic carbocycles. The van der Waals surface area contributed by atoms with E-state index >= 15 is 0 Å². The molecule has 0 aromatic heterocycles. The van der Waals surface area contributed by atoms with E-state index < -0.39 is 10.0 Å². The molecule has 1 saturated carbocycles. The molecule has 0 bridgehead atoms. The van der Waals surface area contributed by atoms with Crippen LogP contribution in [0.2, 0.25) is 5.02 Å². The fourth-order valence-corrected chi connectivity index (χ4v) is 4.11. The summed E-state index contributed by atoms with van der Waals surface area (Å²) in [6.07, 6.45) is 5.34. The highest BCUT2D eigenvalue weighted by Gasteiger charge is 2.23. The Morgan fingerprint density at radius 3 is 2.71 bits per heavy atom. The van der Waals surface area contributed by atoms with Gasteiger partial charge in [-0.1, -0.05) is 30.5 Å². The molecular weight excluding hydrogens is 352 g/mol. The molecule has 0 radical (unpaired) electrons. The Balaban J connectivity index is 2.00. The van der Waals surface area contributed by atoms with E-state index in [9.17, 15) is 13.2 Å². The van der Waals surface area contributed by atoms with Gasteiger partial charge < -0.3 is 10.1 Å². The number of halogens is 1. The number of carbonyl (C=O) groups excluding carboxylic acids is 1. The smallest absolute Gasteiger partial charge is 0.258 e. The molecule has 0 atom stereocenters. The lowest BCUT2D eigenvalue weighted by molar-refractivity contribution is -0.122. The Labute approximate surface area is 147 Å². The van der Waals surface area contributed by atoms with Gasteiger partial charge in [0.25, 0.3) is 5.91 Å². The SMILES string of the molecule is C=CCNC(=O)COc1ccc(S(=O)(=O)NC2CCCC2)cc1Cl. The number of benzene rings is 1. The van der Waals surface area contributed by atoms with Crippen LogP contribution in [-0.2, 0) is 14.8 Å². The second kappa shape index (κ2) is 8.50. The van der Waals surface area contributed by atoms with Crippen LogP contribution in [0.15, 0.2) is 35.7 Å². The zero-order chi connectivity index (χ0) is 17.6. The molecule has 0 spiro atoms. The summed E-state index contributed by atoms with van der Waals surface area (Å²) in [7, 11) is -3.61. The minimum absolute atomic E-state index is 0.0155. The van der Waals surface area contributed by atoms with E-state index in [0.717, 1.165) is 25.7 Å². The quantitative estimate of drug-likeness (QED) is 0.685. The molecule has 132 valence electrons. The van der Waals surface area contributed by atoms with Crippen molar-refractivity contribution in [2.45, 2.75) is 36.6 Å². The number of sulfonamides is 1. The normalized spacial score (nSPS) is 15.2. The first-order chi connectivity index (χ1) is 11.4. The first kappa shape index (κ1) is 18.8. The third kappa shape index (κ3) is 5.22. The number of hydrogen-bond donors (Lipinski definition) is 2. The maximum absolute atomic E-state index is 12.4. The largest absolute Gasteiger partial charge is 0.482 e. The van der Waals surface area contributed by atoms with Crippen LogP contribution in [0.4, 0.5) is 0 Å². The fourth-order valence-electron chi connectivity index (χ4n) is 2.48. The van der Waals surface area contributed by atoms with Crippen molar-refractivity contribution in [1.82, 2.24) is 10.0 Å². The standard InChI is InChI=1S/C16H21ClN2O4S/c1-2-9-18-16(20)11-23-15-8-7-13(10-14(15)17)24(21,22)19-12-5-3-4-6-12/h2,7-8,10,12,19H,1,3-6,9,11H2,(H,18,20). The van der Waals surface area contributed by atoms with Gasteiger partial charge in [-0.05, 0) is 31.0 Å². The van der Waals surface area contributed by atoms with Crippen molar-refractivity contribution in [3.63, 3.8) is 0 Å². The molecule has 1 fully saturated rings. The van der Waals surface area contributed by atoms with Crippen LogP contribution in [0.1, 0.15) is 25.7 Å². The lowest BCUT2D eigenvalue weighted by Crippen LogP contribution is -2.32. The Bertz CT molecular complexity index is 700. The Kier molecular flexibility index (Phi) is 6.65. The van der Waals surface area contributed by atoms with Gasteiger partial charge in [-0.2, -0.15) is 0 Å². The highest BCUT2D eigenvalue weighted by molar-refractivity contribution is 7.89. The minimum atomic E-state index is -3.61. The second-order valence-electron chi connectivity index (χ2n) is 5.58. The number of nitrogens with one attached hydrogen (secondary N) is 2. The van der Waals surface area contributed by atoms with Crippen LogP contribution in [0.5, 0.6) is 5.75 Å². The van der Waals surface area contributed by atoms with Crippen LogP contribution in [0.25, 0.3) is 0 Å². The van der Waals surface area contributed by atoms with Crippen molar-refractivity contribution in [3.8, 4) is 5.75 Å². The first-order valence-corrected chi connectivity index (χ1v) is 9.61. The number of carbonyl (C=O) groups is 1. The van der Waals surface area contributed by atoms with E-state index in [1.54, 1.807) is 6.08 Å². The molecule has 0 saturated heterocycles. The maximum Gasteiger partial charge on any atom is 0.258 e. The minimum Gasteiger partial charge on any atom is -0.482 e. The molecule has 1 aromatic carbocycles. The summed E-state index contributed by atoms with van der Waals surface area (Å²) < 4.78 is 32.7. The summed E-state index contributed by atoms with van der Waals surface area (Å²) in [5.74, 6) is -0.0594. The highest BCUT2D eigenvalue weighted by atomic mass is 35.5. The number of rotatable bonds is 8. The third-order valence-electron chi connectivity index (χ3n) is 3.69. The molecule has 8 heteroatoms. The van der Waals surface area contributed by atoms with Crippen LogP contribution in [-0.4, -0.2) is 33.5 Å². The van der Waals surface area contributed by atoms with Crippen LogP contribution < -0.4 is 14.8 Å². The summed E-state index contributed by atoms with van der Waals surface area (Å²) in [5, 5.41) is 2.71. The summed E-state index contributed by atoms with van der Waals surface area (Å²) in [4.78, 5) is 11.6. The van der Waals surface area contributed by atoms with E-state index in [1.807, 2.05) is 0 Å². The molecular formula is C16H21ClN2O4S. The van der Waals surface area contributed by atoms with Crippen molar-refractivity contribution in [3.05, 3.63) is 35.9 Å². The zero-order valence-corrected chi connectivity index (χ0v) is 14.8. The Morgan fingerprint density at radius 1 is 1.38 bits per heavy atom. The summed E-state index contributed by atoms with van der Waals surface area (Å²) in [5.41, 5.74) is 0. The van der Waals surface area contributed by atoms with Crippen LogP contribution >= 0.6 is 11.6 Å². The van der Waals surface area contributed by atoms with E-state index in [1.165, 1.54) is 18.2 Å². The first-order valence-electron chi connectivity index (χ1n) is 7.74. The van der Waals surface area contributed by atoms with Crippen LogP contribution in [0, 0.1) is 0 Å². The van der Waals surface area contributed by atoms with E-state index in [2.05, 4.69) is 16.6 Å². The molecule has 2 N–H and O–H groups in total. The van der Waals surface area contributed by atoms with Gasteiger partial charge in [0, 0.05) is 12.6 Å². The average molecular weight is 373 g/mol. The van der Waals surface area contributed by atoms with Crippen molar-refractivity contribution >= 4 is 27.5 Å². The average Bonchev–Trinajstić information content (AvgIpc) is 3.03. The lowest BCUT2D eigenvalue weighted by atomic mass is 10.3. The third-order valence-corrected chi connectivity index (χ3v) is 5.51. The zero-order valence-electron chi connectivity index (χ0n) is 13.3. The molecule has 1 amide bonds. The predicted molar refractivity (Wildman–Crippen MR) is 92.7 cm³/mol. The van der Waals surface area contributed by atoms with Gasteiger partial charge in [-0.3, -0.25) is 4.79 Å². The monoisotopic (exact) mass is 372 g/mol. The fraction of sp³-hybridized carbons (Fsp3) is 0.438. The molecule has 0 heterocycles. The highest BCUT2D eigenvalue weighted by Crippen LogP contribution is 2.28. The van der Waals surface area contributed by atoms with Gasteiger partial charge in [0.15, 0.2) is 6.61 Å². The Hall–Kier alpha value is -1.57. The molecule has 1 aliphatic rings. The van der Waals surface area contributed by atoms with E-state index in [-0.39, 0.29) is 34.2 Å². The molecule has 0 aliphatic heterocycles. The number of amides is 1. The van der Waals surface area contributed by atoms with Crippen molar-refractivity contribution < 1.29 is 17.9 Å². The molecule has 0 unspecified atom stereocenters. The van der Waals surface area contributed by atoms with Gasteiger partial charge in [-0.15, -0.1) is 6.58 Å². The predicted octanol–water partition coefficient (Wildman–Crippen LogP) is 2.24. The molecule has 24 heavy (non-hydrogen) atoms. The van der Waals surface area contributed by atoms with Gasteiger partial charge in [0.05, 0.1) is 9.92 Å². The number of hydrogen-bond acceptors (Lipinski definition) is 4. The van der Waals surface area contributed by atoms with Gasteiger partial charge in [0.1, 0.15) is 5.75 Å². The molecule has 2 rings (SSSR count). The van der Waals surface area contributed by atoms with Crippen molar-refractivity contribution in [2.75, 3.05) is 13.2 Å². The van der Waals surface area contributed by atoms with Gasteiger partial charge >= 0.3 is 0 Å². The molecule has 6 nitrogen and oxygen atoms in total. The van der Waals surface area contributed by atoms with Crippen LogP contribution in [0.3, 0.4) is 0 Å². The summed E-state index contributed by atoms with van der Waals surface area (Å²) in [6.45, 7) is 3.63. The van der Waals surface area contributed by atoms with Crippen molar-refractivity contribution in [2.24, 2.45) is 0 Å². The summed E-state index contributed by atoms with van der Waals surface area (Å²) >= 11 is 6.07. The van der Waals surface area contributed by atoms with E-state index in [0.29, 0.717) is 6.54 Å². The topological polar surface area (TPSA) is 84.5 Å². The van der Waals surface area contributed by atoms with E-state index in [4.69, 9.17) is 16.3 Å².